The van der Waals surface area contributed by atoms with Gasteiger partial charge in [0.2, 0.25) is 0 Å². The third-order valence-electron chi connectivity index (χ3n) is 4.68. The van der Waals surface area contributed by atoms with Crippen LogP contribution in [0.5, 0.6) is 0 Å². The second-order valence-corrected chi connectivity index (χ2v) is 8.66. The highest BCUT2D eigenvalue weighted by atomic mass is 32.1. The Morgan fingerprint density at radius 2 is 2.14 bits per heavy atom. The summed E-state index contributed by atoms with van der Waals surface area (Å²) in [4.78, 5) is 11.9. The lowest BCUT2D eigenvalue weighted by Gasteiger charge is -2.34. The molecule has 1 fully saturated rings. The van der Waals surface area contributed by atoms with Crippen molar-refractivity contribution in [2.45, 2.75) is 33.4 Å². The fourth-order valence-corrected chi connectivity index (χ4v) is 4.14. The van der Waals surface area contributed by atoms with Gasteiger partial charge < -0.3 is 15.4 Å². The van der Waals surface area contributed by atoms with Crippen LogP contribution in [-0.2, 0) is 11.3 Å². The SMILES string of the molecule is CCNC(=NCc1nc(-c2ccccc2)cs1)NCC1CN(CC(C)C)CCO1. The fraction of sp³-hybridized carbons (Fsp3) is 0.545. The summed E-state index contributed by atoms with van der Waals surface area (Å²) in [5.41, 5.74) is 2.16. The lowest BCUT2D eigenvalue weighted by molar-refractivity contribution is -0.0284. The molecule has 158 valence electrons. The number of nitrogens with one attached hydrogen (secondary N) is 2. The molecule has 29 heavy (non-hydrogen) atoms. The maximum Gasteiger partial charge on any atom is 0.191 e. The molecule has 0 amide bonds. The molecule has 0 spiro atoms. The number of rotatable bonds is 8. The summed E-state index contributed by atoms with van der Waals surface area (Å²) in [5, 5.41) is 9.87. The molecule has 1 aromatic carbocycles. The quantitative estimate of drug-likeness (QED) is 0.512. The van der Waals surface area contributed by atoms with Gasteiger partial charge in [0.25, 0.3) is 0 Å². The fourth-order valence-electron chi connectivity index (χ4n) is 3.41. The van der Waals surface area contributed by atoms with E-state index in [9.17, 15) is 0 Å². The number of guanidine groups is 1. The van der Waals surface area contributed by atoms with Crippen molar-refractivity contribution in [1.82, 2.24) is 20.5 Å². The van der Waals surface area contributed by atoms with Crippen LogP contribution < -0.4 is 10.6 Å². The zero-order valence-corrected chi connectivity index (χ0v) is 18.5. The van der Waals surface area contributed by atoms with Crippen LogP contribution in [0.1, 0.15) is 25.8 Å². The summed E-state index contributed by atoms with van der Waals surface area (Å²) in [6.45, 7) is 12.7. The molecule has 7 heteroatoms. The zero-order chi connectivity index (χ0) is 20.5. The maximum absolute atomic E-state index is 5.94. The second-order valence-electron chi connectivity index (χ2n) is 7.71. The van der Waals surface area contributed by atoms with Crippen molar-refractivity contribution in [3.8, 4) is 11.3 Å². The summed E-state index contributed by atoms with van der Waals surface area (Å²) in [7, 11) is 0. The Kier molecular flexibility index (Phi) is 8.46. The van der Waals surface area contributed by atoms with Crippen molar-refractivity contribution in [2.24, 2.45) is 10.9 Å². The molecule has 0 bridgehead atoms. The summed E-state index contributed by atoms with van der Waals surface area (Å²) < 4.78 is 5.94. The van der Waals surface area contributed by atoms with Crippen LogP contribution in [-0.4, -0.2) is 61.3 Å². The second kappa shape index (κ2) is 11.3. The van der Waals surface area contributed by atoms with Gasteiger partial charge in [-0.25, -0.2) is 9.98 Å². The first-order valence-electron chi connectivity index (χ1n) is 10.5. The molecular formula is C22H33N5OS. The summed E-state index contributed by atoms with van der Waals surface area (Å²) >= 11 is 1.65. The smallest absolute Gasteiger partial charge is 0.191 e. The monoisotopic (exact) mass is 415 g/mol. The number of nitrogens with zero attached hydrogens (tertiary/aromatic N) is 3. The first-order chi connectivity index (χ1) is 14.1. The summed E-state index contributed by atoms with van der Waals surface area (Å²) in [6, 6.07) is 10.3. The largest absolute Gasteiger partial charge is 0.374 e. The number of hydrogen-bond donors (Lipinski definition) is 2. The third-order valence-corrected chi connectivity index (χ3v) is 5.51. The van der Waals surface area contributed by atoms with E-state index in [4.69, 9.17) is 14.7 Å². The van der Waals surface area contributed by atoms with Gasteiger partial charge in [0.15, 0.2) is 5.96 Å². The molecule has 1 aromatic heterocycles. The Morgan fingerprint density at radius 1 is 1.31 bits per heavy atom. The van der Waals surface area contributed by atoms with Crippen molar-refractivity contribution >= 4 is 17.3 Å². The van der Waals surface area contributed by atoms with Gasteiger partial charge in [0.1, 0.15) is 5.01 Å². The number of ether oxygens (including phenoxy) is 1. The Labute approximate surface area is 178 Å². The topological polar surface area (TPSA) is 61.8 Å². The van der Waals surface area contributed by atoms with Gasteiger partial charge in [-0.2, -0.15) is 0 Å². The van der Waals surface area contributed by atoms with Gasteiger partial charge >= 0.3 is 0 Å². The molecule has 3 rings (SSSR count). The van der Waals surface area contributed by atoms with Crippen LogP contribution in [0.4, 0.5) is 0 Å². The Hall–Kier alpha value is -1.96. The Bertz CT molecular complexity index is 762. The molecular weight excluding hydrogens is 382 g/mol. The minimum atomic E-state index is 0.191. The van der Waals surface area contributed by atoms with Crippen molar-refractivity contribution in [3.63, 3.8) is 0 Å². The molecule has 0 saturated carbocycles. The zero-order valence-electron chi connectivity index (χ0n) is 17.7. The first kappa shape index (κ1) is 21.7. The molecule has 1 saturated heterocycles. The van der Waals surface area contributed by atoms with Gasteiger partial charge in [0, 0.05) is 43.7 Å². The van der Waals surface area contributed by atoms with Crippen molar-refractivity contribution < 1.29 is 4.74 Å². The molecule has 0 aliphatic carbocycles. The van der Waals surface area contributed by atoms with Gasteiger partial charge in [-0.3, -0.25) is 4.90 Å². The maximum atomic E-state index is 5.94. The minimum Gasteiger partial charge on any atom is -0.374 e. The van der Waals surface area contributed by atoms with Crippen LogP contribution in [0.3, 0.4) is 0 Å². The minimum absolute atomic E-state index is 0.191. The van der Waals surface area contributed by atoms with Crippen LogP contribution in [0.15, 0.2) is 40.7 Å². The lowest BCUT2D eigenvalue weighted by Crippen LogP contribution is -2.50. The van der Waals surface area contributed by atoms with E-state index in [2.05, 4.69) is 53.8 Å². The van der Waals surface area contributed by atoms with Crippen LogP contribution >= 0.6 is 11.3 Å². The van der Waals surface area contributed by atoms with E-state index in [1.54, 1.807) is 11.3 Å². The van der Waals surface area contributed by atoms with Crippen LogP contribution in [0.25, 0.3) is 11.3 Å². The first-order valence-corrected chi connectivity index (χ1v) is 11.4. The average Bonchev–Trinajstić information content (AvgIpc) is 3.20. The van der Waals surface area contributed by atoms with E-state index < -0.39 is 0 Å². The van der Waals surface area contributed by atoms with E-state index in [0.29, 0.717) is 12.5 Å². The highest BCUT2D eigenvalue weighted by Crippen LogP contribution is 2.21. The highest BCUT2D eigenvalue weighted by molar-refractivity contribution is 7.09. The molecule has 6 nitrogen and oxygen atoms in total. The van der Waals surface area contributed by atoms with Crippen molar-refractivity contribution in [2.75, 3.05) is 39.3 Å². The number of benzene rings is 1. The summed E-state index contributed by atoms with van der Waals surface area (Å²) in [5.74, 6) is 1.49. The molecule has 2 aromatic rings. The Morgan fingerprint density at radius 3 is 2.90 bits per heavy atom. The van der Waals surface area contributed by atoms with Crippen molar-refractivity contribution in [1.29, 1.82) is 0 Å². The van der Waals surface area contributed by atoms with E-state index >= 15 is 0 Å². The van der Waals surface area contributed by atoms with E-state index in [1.165, 1.54) is 0 Å². The highest BCUT2D eigenvalue weighted by Gasteiger charge is 2.21. The van der Waals surface area contributed by atoms with Gasteiger partial charge in [-0.05, 0) is 12.8 Å². The predicted octanol–water partition coefficient (Wildman–Crippen LogP) is 3.22. The molecule has 2 heterocycles. The van der Waals surface area contributed by atoms with E-state index in [0.717, 1.165) is 61.6 Å². The number of morpholine rings is 1. The normalized spacial score (nSPS) is 18.2. The molecule has 1 aliphatic rings. The Balaban J connectivity index is 1.53. The van der Waals surface area contributed by atoms with Gasteiger partial charge in [-0.15, -0.1) is 11.3 Å². The van der Waals surface area contributed by atoms with E-state index in [1.807, 2.05) is 18.2 Å². The predicted molar refractivity (Wildman–Crippen MR) is 121 cm³/mol. The van der Waals surface area contributed by atoms with E-state index in [-0.39, 0.29) is 6.10 Å². The van der Waals surface area contributed by atoms with Gasteiger partial charge in [-0.1, -0.05) is 44.2 Å². The molecule has 1 unspecified atom stereocenters. The average molecular weight is 416 g/mol. The van der Waals surface area contributed by atoms with Crippen molar-refractivity contribution in [3.05, 3.63) is 40.7 Å². The number of aromatic nitrogens is 1. The van der Waals surface area contributed by atoms with Crippen LogP contribution in [0, 0.1) is 5.92 Å². The third kappa shape index (κ3) is 7.10. The molecule has 1 aliphatic heterocycles. The number of hydrogen-bond acceptors (Lipinski definition) is 5. The van der Waals surface area contributed by atoms with Crippen LogP contribution in [0.2, 0.25) is 0 Å². The molecule has 0 radical (unpaired) electrons. The standard InChI is InChI=1S/C22H33N5OS/c1-4-23-22(24-12-19-15-27(10-11-28-19)14-17(2)3)25-13-21-26-20(16-29-21)18-8-6-5-7-9-18/h5-9,16-17,19H,4,10-15H2,1-3H3,(H2,23,24,25). The lowest BCUT2D eigenvalue weighted by atomic mass is 10.2. The molecule has 1 atom stereocenters. The number of thiazole rings is 1. The molecule has 2 N–H and O–H groups in total. The van der Waals surface area contributed by atoms with Gasteiger partial charge in [0.05, 0.1) is 24.9 Å². The number of aliphatic imine (C=N–C) groups is 1. The summed E-state index contributed by atoms with van der Waals surface area (Å²) in [6.07, 6.45) is 0.191.